The predicted molar refractivity (Wildman–Crippen MR) is 82.1 cm³/mol. The summed E-state index contributed by atoms with van der Waals surface area (Å²) in [6.45, 7) is 5.07. The van der Waals surface area contributed by atoms with Crippen LogP contribution >= 0.6 is 0 Å². The van der Waals surface area contributed by atoms with E-state index >= 15 is 0 Å². The lowest BCUT2D eigenvalue weighted by atomic mass is 9.81. The Morgan fingerprint density at radius 3 is 2.50 bits per heavy atom. The lowest BCUT2D eigenvalue weighted by molar-refractivity contribution is -0.384. The molecule has 1 fully saturated rings. The number of aryl methyl sites for hydroxylation is 1. The molecule has 0 aromatic heterocycles. The van der Waals surface area contributed by atoms with Gasteiger partial charge in [0.1, 0.15) is 5.69 Å². The molecule has 0 heterocycles. The fourth-order valence-electron chi connectivity index (χ4n) is 3.05. The van der Waals surface area contributed by atoms with Gasteiger partial charge >= 0.3 is 0 Å². The zero-order chi connectivity index (χ0) is 14.5. The quantitative estimate of drug-likeness (QED) is 0.635. The van der Waals surface area contributed by atoms with E-state index in [1.165, 1.54) is 32.1 Å². The summed E-state index contributed by atoms with van der Waals surface area (Å²) in [6, 6.07) is 5.25. The standard InChI is InChI=1S/C16H24N2O2/c1-3-13-5-7-14(8-6-13)11-17-15-10-12(2)4-9-16(15)18(19)20/h4,9-10,13-14,17H,3,5-8,11H2,1-2H3. The van der Waals surface area contributed by atoms with Crippen molar-refractivity contribution in [2.75, 3.05) is 11.9 Å². The molecule has 0 radical (unpaired) electrons. The number of anilines is 1. The molecular weight excluding hydrogens is 252 g/mol. The van der Waals surface area contributed by atoms with Crippen LogP contribution < -0.4 is 5.32 Å². The Balaban J connectivity index is 1.94. The second kappa shape index (κ2) is 6.73. The van der Waals surface area contributed by atoms with E-state index in [2.05, 4.69) is 12.2 Å². The van der Waals surface area contributed by atoms with Gasteiger partial charge in [-0.15, -0.1) is 0 Å². The van der Waals surface area contributed by atoms with Gasteiger partial charge in [-0.3, -0.25) is 10.1 Å². The maximum absolute atomic E-state index is 11.0. The molecule has 1 aromatic carbocycles. The van der Waals surface area contributed by atoms with E-state index in [1.807, 2.05) is 13.0 Å². The summed E-state index contributed by atoms with van der Waals surface area (Å²) in [5.41, 5.74) is 1.89. The van der Waals surface area contributed by atoms with Crippen LogP contribution in [0.4, 0.5) is 11.4 Å². The van der Waals surface area contributed by atoms with Crippen molar-refractivity contribution in [3.05, 3.63) is 33.9 Å². The van der Waals surface area contributed by atoms with Gasteiger partial charge in [0, 0.05) is 12.6 Å². The molecule has 1 N–H and O–H groups in total. The van der Waals surface area contributed by atoms with Crippen LogP contribution in [0.15, 0.2) is 18.2 Å². The number of benzene rings is 1. The summed E-state index contributed by atoms with van der Waals surface area (Å²) in [7, 11) is 0. The van der Waals surface area contributed by atoms with Crippen molar-refractivity contribution in [1.82, 2.24) is 0 Å². The molecule has 1 aromatic rings. The predicted octanol–water partition coefficient (Wildman–Crippen LogP) is 4.53. The van der Waals surface area contributed by atoms with E-state index in [9.17, 15) is 10.1 Å². The smallest absolute Gasteiger partial charge is 0.292 e. The third-order valence-electron chi connectivity index (χ3n) is 4.47. The molecule has 4 nitrogen and oxygen atoms in total. The molecule has 0 spiro atoms. The first-order valence-corrected chi connectivity index (χ1v) is 7.59. The van der Waals surface area contributed by atoms with Gasteiger partial charge < -0.3 is 5.32 Å². The maximum atomic E-state index is 11.0. The second-order valence-corrected chi connectivity index (χ2v) is 5.95. The number of nitrogens with zero attached hydrogens (tertiary/aromatic N) is 1. The summed E-state index contributed by atoms with van der Waals surface area (Å²) < 4.78 is 0. The van der Waals surface area contributed by atoms with E-state index in [-0.39, 0.29) is 10.6 Å². The molecule has 2 rings (SSSR count). The summed E-state index contributed by atoms with van der Waals surface area (Å²) in [6.07, 6.45) is 6.37. The summed E-state index contributed by atoms with van der Waals surface area (Å²) in [5, 5.41) is 14.3. The first kappa shape index (κ1) is 14.8. The fraction of sp³-hybridized carbons (Fsp3) is 0.625. The molecule has 0 amide bonds. The number of rotatable bonds is 5. The average Bonchev–Trinajstić information content (AvgIpc) is 2.45. The number of nitro benzene ring substituents is 1. The number of nitrogens with one attached hydrogen (secondary N) is 1. The normalized spacial score (nSPS) is 22.5. The number of nitro groups is 1. The Morgan fingerprint density at radius 2 is 1.90 bits per heavy atom. The molecular formula is C16H24N2O2. The SMILES string of the molecule is CCC1CCC(CNc2cc(C)ccc2[N+](=O)[O-])CC1. The third-order valence-corrected chi connectivity index (χ3v) is 4.47. The molecule has 20 heavy (non-hydrogen) atoms. The van der Waals surface area contributed by atoms with E-state index < -0.39 is 0 Å². The Morgan fingerprint density at radius 1 is 1.25 bits per heavy atom. The van der Waals surface area contributed by atoms with Crippen LogP contribution in [-0.4, -0.2) is 11.5 Å². The van der Waals surface area contributed by atoms with Crippen LogP contribution in [0.2, 0.25) is 0 Å². The van der Waals surface area contributed by atoms with E-state index in [4.69, 9.17) is 0 Å². The molecule has 0 saturated heterocycles. The lowest BCUT2D eigenvalue weighted by Crippen LogP contribution is -2.21. The Kier molecular flexibility index (Phi) is 4.99. The molecule has 0 aliphatic heterocycles. The fourth-order valence-corrected chi connectivity index (χ4v) is 3.05. The highest BCUT2D eigenvalue weighted by atomic mass is 16.6. The third kappa shape index (κ3) is 3.71. The van der Waals surface area contributed by atoms with E-state index in [1.54, 1.807) is 12.1 Å². The number of hydrogen-bond acceptors (Lipinski definition) is 3. The van der Waals surface area contributed by atoms with Crippen molar-refractivity contribution < 1.29 is 4.92 Å². The van der Waals surface area contributed by atoms with Crippen LogP contribution in [0.5, 0.6) is 0 Å². The molecule has 1 aliphatic rings. The van der Waals surface area contributed by atoms with E-state index in [0.717, 1.165) is 18.0 Å². The largest absolute Gasteiger partial charge is 0.379 e. The summed E-state index contributed by atoms with van der Waals surface area (Å²) in [4.78, 5) is 10.7. The van der Waals surface area contributed by atoms with Crippen molar-refractivity contribution in [1.29, 1.82) is 0 Å². The van der Waals surface area contributed by atoms with Crippen LogP contribution in [0.25, 0.3) is 0 Å². The highest BCUT2D eigenvalue weighted by Crippen LogP contribution is 2.32. The van der Waals surface area contributed by atoms with E-state index in [0.29, 0.717) is 11.6 Å². The van der Waals surface area contributed by atoms with Crippen molar-refractivity contribution >= 4 is 11.4 Å². The summed E-state index contributed by atoms with van der Waals surface area (Å²) >= 11 is 0. The van der Waals surface area contributed by atoms with Crippen LogP contribution in [-0.2, 0) is 0 Å². The van der Waals surface area contributed by atoms with Gasteiger partial charge in [0.25, 0.3) is 5.69 Å². The minimum atomic E-state index is -0.310. The Labute approximate surface area is 120 Å². The van der Waals surface area contributed by atoms with Gasteiger partial charge in [-0.05, 0) is 43.2 Å². The van der Waals surface area contributed by atoms with Gasteiger partial charge in [0.15, 0.2) is 0 Å². The number of hydrogen-bond donors (Lipinski definition) is 1. The minimum Gasteiger partial charge on any atom is -0.379 e. The molecule has 4 heteroatoms. The van der Waals surface area contributed by atoms with Gasteiger partial charge in [0.2, 0.25) is 0 Å². The molecule has 0 bridgehead atoms. The first-order chi connectivity index (χ1) is 9.60. The first-order valence-electron chi connectivity index (χ1n) is 7.59. The topological polar surface area (TPSA) is 55.2 Å². The molecule has 0 unspecified atom stereocenters. The summed E-state index contributed by atoms with van der Waals surface area (Å²) in [5.74, 6) is 1.54. The molecule has 1 saturated carbocycles. The van der Waals surface area contributed by atoms with Crippen molar-refractivity contribution in [3.8, 4) is 0 Å². The Bertz CT molecular complexity index is 466. The average molecular weight is 276 g/mol. The second-order valence-electron chi connectivity index (χ2n) is 5.95. The molecule has 110 valence electrons. The van der Waals surface area contributed by atoms with Crippen molar-refractivity contribution in [3.63, 3.8) is 0 Å². The maximum Gasteiger partial charge on any atom is 0.292 e. The monoisotopic (exact) mass is 276 g/mol. The lowest BCUT2D eigenvalue weighted by Gasteiger charge is -2.28. The van der Waals surface area contributed by atoms with Gasteiger partial charge in [-0.25, -0.2) is 0 Å². The minimum absolute atomic E-state index is 0.179. The zero-order valence-corrected chi connectivity index (χ0v) is 12.4. The van der Waals surface area contributed by atoms with Crippen LogP contribution in [0.1, 0.15) is 44.6 Å². The molecule has 0 atom stereocenters. The highest BCUT2D eigenvalue weighted by molar-refractivity contribution is 5.62. The van der Waals surface area contributed by atoms with Crippen molar-refractivity contribution in [2.24, 2.45) is 11.8 Å². The Hall–Kier alpha value is -1.58. The van der Waals surface area contributed by atoms with Crippen molar-refractivity contribution in [2.45, 2.75) is 46.0 Å². The molecule has 1 aliphatic carbocycles. The van der Waals surface area contributed by atoms with Gasteiger partial charge in [-0.2, -0.15) is 0 Å². The van der Waals surface area contributed by atoms with Gasteiger partial charge in [-0.1, -0.05) is 32.3 Å². The van der Waals surface area contributed by atoms with Gasteiger partial charge in [0.05, 0.1) is 4.92 Å². The highest BCUT2D eigenvalue weighted by Gasteiger charge is 2.21. The zero-order valence-electron chi connectivity index (χ0n) is 12.4. The van der Waals surface area contributed by atoms with Crippen LogP contribution in [0, 0.1) is 28.9 Å². The van der Waals surface area contributed by atoms with Crippen LogP contribution in [0.3, 0.4) is 0 Å².